The third kappa shape index (κ3) is 4.94. The monoisotopic (exact) mass is 288 g/mol. The van der Waals surface area contributed by atoms with Crippen molar-refractivity contribution < 1.29 is 17.9 Å². The van der Waals surface area contributed by atoms with Gasteiger partial charge in [0.2, 0.25) is 5.88 Å². The average Bonchev–Trinajstić information content (AvgIpc) is 2.44. The normalized spacial score (nSPS) is 15.2. The van der Waals surface area contributed by atoms with Crippen LogP contribution in [0.1, 0.15) is 12.0 Å². The molecule has 0 fully saturated rings. The number of hydrogen-bond acceptors (Lipinski definition) is 5. The number of halogens is 3. The zero-order valence-electron chi connectivity index (χ0n) is 10.7. The molecule has 1 aromatic rings. The van der Waals surface area contributed by atoms with Crippen LogP contribution in [0.25, 0.3) is 0 Å². The average molecular weight is 288 g/mol. The van der Waals surface area contributed by atoms with Gasteiger partial charge in [-0.25, -0.2) is 4.98 Å². The molecule has 5 nitrogen and oxygen atoms in total. The van der Waals surface area contributed by atoms with E-state index in [0.29, 0.717) is 6.54 Å². The van der Waals surface area contributed by atoms with E-state index in [1.54, 1.807) is 6.07 Å². The van der Waals surface area contributed by atoms with E-state index in [4.69, 9.17) is 0 Å². The molecule has 0 bridgehead atoms. The molecule has 0 aromatic carbocycles. The van der Waals surface area contributed by atoms with Gasteiger partial charge in [0.05, 0.1) is 0 Å². The fourth-order valence-corrected chi connectivity index (χ4v) is 1.59. The number of alkyl halides is 3. The summed E-state index contributed by atoms with van der Waals surface area (Å²) in [5.41, 5.74) is 0.833. The standard InChI is InChI=1S/C12H15F3N4O/c13-12(14,15)8-20-10-3-2-9(6-18-10)7-19-11-16-4-1-5-17-11/h2-3,6H,1,4-5,7-8H2,(H2,16,17,19). The summed E-state index contributed by atoms with van der Waals surface area (Å²) in [6.07, 6.45) is -1.87. The molecule has 0 spiro atoms. The Morgan fingerprint density at radius 3 is 2.80 bits per heavy atom. The predicted octanol–water partition coefficient (Wildman–Crippen LogP) is 1.46. The van der Waals surface area contributed by atoms with Crippen LogP contribution in [0.3, 0.4) is 0 Å². The number of aromatic nitrogens is 1. The van der Waals surface area contributed by atoms with Crippen LogP contribution in [-0.4, -0.2) is 36.8 Å². The quantitative estimate of drug-likeness (QED) is 0.880. The molecule has 0 amide bonds. The lowest BCUT2D eigenvalue weighted by atomic mass is 10.3. The lowest BCUT2D eigenvalue weighted by molar-refractivity contribution is -0.154. The predicted molar refractivity (Wildman–Crippen MR) is 67.5 cm³/mol. The minimum absolute atomic E-state index is 0.0424. The molecule has 8 heteroatoms. The molecule has 20 heavy (non-hydrogen) atoms. The van der Waals surface area contributed by atoms with E-state index < -0.39 is 12.8 Å². The summed E-state index contributed by atoms with van der Waals surface area (Å²) in [7, 11) is 0. The maximum Gasteiger partial charge on any atom is 0.422 e. The molecule has 0 saturated carbocycles. The van der Waals surface area contributed by atoms with Crippen LogP contribution < -0.4 is 15.4 Å². The summed E-state index contributed by atoms with van der Waals surface area (Å²) in [5.74, 6) is 0.688. The van der Waals surface area contributed by atoms with E-state index in [1.165, 1.54) is 12.3 Å². The van der Waals surface area contributed by atoms with Gasteiger partial charge in [0.15, 0.2) is 12.6 Å². The summed E-state index contributed by atoms with van der Waals surface area (Å²) >= 11 is 0. The van der Waals surface area contributed by atoms with Gasteiger partial charge in [0, 0.05) is 31.9 Å². The molecule has 0 radical (unpaired) electrons. The van der Waals surface area contributed by atoms with Gasteiger partial charge >= 0.3 is 6.18 Å². The van der Waals surface area contributed by atoms with Gasteiger partial charge in [0.1, 0.15) is 0 Å². The molecule has 1 aromatic heterocycles. The summed E-state index contributed by atoms with van der Waals surface area (Å²) in [6.45, 7) is 0.836. The topological polar surface area (TPSA) is 58.5 Å². The van der Waals surface area contributed by atoms with Gasteiger partial charge in [-0.05, 0) is 12.0 Å². The Kier molecular flexibility index (Phi) is 4.65. The Balaban J connectivity index is 1.80. The number of aliphatic imine (C=N–C) groups is 1. The number of ether oxygens (including phenoxy) is 1. The van der Waals surface area contributed by atoms with E-state index >= 15 is 0 Å². The lowest BCUT2D eigenvalue weighted by Gasteiger charge is -2.16. The van der Waals surface area contributed by atoms with Crippen LogP contribution in [0, 0.1) is 0 Å². The SMILES string of the molecule is FC(F)(F)COc1ccc(CNC2=NCCCN2)cn1. The van der Waals surface area contributed by atoms with Crippen molar-refractivity contribution in [2.75, 3.05) is 19.7 Å². The first-order chi connectivity index (χ1) is 9.53. The highest BCUT2D eigenvalue weighted by molar-refractivity contribution is 5.80. The van der Waals surface area contributed by atoms with Gasteiger partial charge in [-0.2, -0.15) is 13.2 Å². The van der Waals surface area contributed by atoms with E-state index in [9.17, 15) is 13.2 Å². The first-order valence-electron chi connectivity index (χ1n) is 6.19. The second-order valence-electron chi connectivity index (χ2n) is 4.27. The molecule has 110 valence electrons. The Morgan fingerprint density at radius 1 is 1.35 bits per heavy atom. The van der Waals surface area contributed by atoms with Crippen LogP contribution in [0.5, 0.6) is 5.88 Å². The Bertz CT molecular complexity index is 459. The minimum atomic E-state index is -4.35. The molecule has 2 N–H and O–H groups in total. The lowest BCUT2D eigenvalue weighted by Crippen LogP contribution is -2.40. The van der Waals surface area contributed by atoms with Crippen molar-refractivity contribution in [3.05, 3.63) is 23.9 Å². The van der Waals surface area contributed by atoms with Crippen LogP contribution in [-0.2, 0) is 6.54 Å². The van der Waals surface area contributed by atoms with Gasteiger partial charge in [-0.1, -0.05) is 6.07 Å². The third-order valence-electron chi connectivity index (χ3n) is 2.54. The zero-order valence-corrected chi connectivity index (χ0v) is 10.7. The fraction of sp³-hybridized carbons (Fsp3) is 0.500. The van der Waals surface area contributed by atoms with Crippen LogP contribution in [0.4, 0.5) is 13.2 Å². The summed E-state index contributed by atoms with van der Waals surface area (Å²) < 4.78 is 40.4. The molecule has 1 aliphatic rings. The Labute approximate surface area is 114 Å². The van der Waals surface area contributed by atoms with Crippen molar-refractivity contribution in [2.24, 2.45) is 4.99 Å². The van der Waals surface area contributed by atoms with Crippen LogP contribution in [0.2, 0.25) is 0 Å². The number of hydrogen-bond donors (Lipinski definition) is 2. The maximum atomic E-state index is 12.0. The zero-order chi connectivity index (χ0) is 14.4. The number of rotatable bonds is 4. The Morgan fingerprint density at radius 2 is 2.20 bits per heavy atom. The second-order valence-corrected chi connectivity index (χ2v) is 4.27. The molecular formula is C12H15F3N4O. The van der Waals surface area contributed by atoms with Gasteiger partial charge in [-0.3, -0.25) is 4.99 Å². The molecule has 0 unspecified atom stereocenters. The number of nitrogens with one attached hydrogen (secondary N) is 2. The van der Waals surface area contributed by atoms with E-state index in [1.807, 2.05) is 0 Å². The maximum absolute atomic E-state index is 12.0. The van der Waals surface area contributed by atoms with Crippen LogP contribution >= 0.6 is 0 Å². The molecule has 0 atom stereocenters. The first kappa shape index (κ1) is 14.4. The largest absolute Gasteiger partial charge is 0.468 e. The van der Waals surface area contributed by atoms with Gasteiger partial charge < -0.3 is 15.4 Å². The smallest absolute Gasteiger partial charge is 0.422 e. The highest BCUT2D eigenvalue weighted by Crippen LogP contribution is 2.16. The van der Waals surface area contributed by atoms with Crippen molar-refractivity contribution in [3.8, 4) is 5.88 Å². The molecule has 0 aliphatic carbocycles. The second kappa shape index (κ2) is 6.44. The molecule has 0 saturated heterocycles. The molecule has 2 heterocycles. The van der Waals surface area contributed by atoms with Crippen molar-refractivity contribution in [2.45, 2.75) is 19.1 Å². The Hall–Kier alpha value is -1.99. The fourth-order valence-electron chi connectivity index (χ4n) is 1.59. The molecule has 1 aliphatic heterocycles. The summed E-state index contributed by atoms with van der Waals surface area (Å²) in [5, 5.41) is 6.20. The summed E-state index contributed by atoms with van der Waals surface area (Å²) in [4.78, 5) is 8.07. The number of guanidine groups is 1. The minimum Gasteiger partial charge on any atom is -0.468 e. The highest BCUT2D eigenvalue weighted by Gasteiger charge is 2.28. The van der Waals surface area contributed by atoms with Crippen LogP contribution in [0.15, 0.2) is 23.3 Å². The highest BCUT2D eigenvalue weighted by atomic mass is 19.4. The van der Waals surface area contributed by atoms with Crippen molar-refractivity contribution in [1.29, 1.82) is 0 Å². The van der Waals surface area contributed by atoms with Gasteiger partial charge in [0.25, 0.3) is 0 Å². The van der Waals surface area contributed by atoms with E-state index in [0.717, 1.165) is 31.0 Å². The first-order valence-corrected chi connectivity index (χ1v) is 6.19. The number of pyridine rings is 1. The van der Waals surface area contributed by atoms with Crippen molar-refractivity contribution >= 4 is 5.96 Å². The van der Waals surface area contributed by atoms with Crippen molar-refractivity contribution in [1.82, 2.24) is 15.6 Å². The van der Waals surface area contributed by atoms with Crippen molar-refractivity contribution in [3.63, 3.8) is 0 Å². The number of nitrogens with zero attached hydrogens (tertiary/aromatic N) is 2. The summed E-state index contributed by atoms with van der Waals surface area (Å²) in [6, 6.07) is 3.08. The van der Waals surface area contributed by atoms with E-state index in [-0.39, 0.29) is 5.88 Å². The third-order valence-corrected chi connectivity index (χ3v) is 2.54. The van der Waals surface area contributed by atoms with Gasteiger partial charge in [-0.15, -0.1) is 0 Å². The molecule has 2 rings (SSSR count). The molecular weight excluding hydrogens is 273 g/mol. The van der Waals surface area contributed by atoms with E-state index in [2.05, 4.69) is 25.3 Å².